The van der Waals surface area contributed by atoms with E-state index >= 15 is 0 Å². The molecule has 0 fully saturated rings. The average Bonchev–Trinajstić information content (AvgIpc) is 2.44. The number of hydrogen-bond donors (Lipinski definition) is 4. The van der Waals surface area contributed by atoms with Crippen LogP contribution in [-0.4, -0.2) is 46.9 Å². The Bertz CT molecular complexity index is 78.1. The molecule has 22 heavy (non-hydrogen) atoms. The van der Waals surface area contributed by atoms with Gasteiger partial charge in [-0.1, -0.05) is 53.4 Å². The summed E-state index contributed by atoms with van der Waals surface area (Å²) in [5, 5.41) is 32.3. The quantitative estimate of drug-likeness (QED) is 0.479. The summed E-state index contributed by atoms with van der Waals surface area (Å²) < 4.78 is 0. The maximum absolute atomic E-state index is 8.07. The molecule has 0 aromatic heterocycles. The summed E-state index contributed by atoms with van der Waals surface area (Å²) in [6, 6.07) is 0. The van der Waals surface area contributed by atoms with Gasteiger partial charge in [-0.05, 0) is 25.7 Å². The van der Waals surface area contributed by atoms with Crippen molar-refractivity contribution >= 4 is 0 Å². The van der Waals surface area contributed by atoms with Crippen molar-refractivity contribution < 1.29 is 63.9 Å². The zero-order valence-electron chi connectivity index (χ0n) is 15.3. The number of hydrogen-bond acceptors (Lipinski definition) is 4. The third-order valence-corrected chi connectivity index (χ3v) is 2.05. The molecule has 0 spiro atoms. The van der Waals surface area contributed by atoms with E-state index in [2.05, 4.69) is 27.7 Å². The van der Waals surface area contributed by atoms with Crippen LogP contribution in [0.15, 0.2) is 0 Å². The second-order valence-corrected chi connectivity index (χ2v) is 4.31. The maximum Gasteiger partial charge on any atom is 0.0430 e. The Hall–Kier alpha value is 1.27. The molecule has 0 amide bonds. The van der Waals surface area contributed by atoms with Crippen LogP contribution in [0.2, 0.25) is 0 Å². The van der Waals surface area contributed by atoms with E-state index in [1.165, 1.54) is 0 Å². The second-order valence-electron chi connectivity index (χ2n) is 4.31. The van der Waals surface area contributed by atoms with Gasteiger partial charge in [0.05, 0.1) is 0 Å². The molecule has 0 aromatic rings. The topological polar surface area (TPSA) is 80.9 Å². The first kappa shape index (κ1) is 38.7. The number of aliphatic hydroxyl groups excluding tert-OH is 4. The van der Waals surface area contributed by atoms with Crippen molar-refractivity contribution in [2.45, 2.75) is 79.1 Å². The molecule has 136 valence electrons. The molecule has 0 aromatic carbocycles. The molecule has 0 heterocycles. The van der Waals surface area contributed by atoms with Crippen molar-refractivity contribution in [2.75, 3.05) is 26.4 Å². The number of rotatable bonds is 8. The van der Waals surface area contributed by atoms with E-state index in [1.54, 1.807) is 0 Å². The molecule has 0 bridgehead atoms. The Kier molecular flexibility index (Phi) is 101. The summed E-state index contributed by atoms with van der Waals surface area (Å²) in [5.41, 5.74) is 0. The molecule has 0 radical (unpaired) electrons. The Morgan fingerprint density at radius 3 is 0.545 bits per heavy atom. The minimum absolute atomic E-state index is 0. The van der Waals surface area contributed by atoms with Gasteiger partial charge in [-0.3, -0.25) is 0 Å². The molecule has 4 N–H and O–H groups in total. The van der Waals surface area contributed by atoms with Gasteiger partial charge in [0.2, 0.25) is 0 Å². The van der Waals surface area contributed by atoms with Crippen LogP contribution in [0.3, 0.4) is 0 Å². The van der Waals surface area contributed by atoms with Gasteiger partial charge >= 0.3 is 0 Å². The van der Waals surface area contributed by atoms with E-state index in [1.807, 2.05) is 0 Å². The van der Waals surface area contributed by atoms with Gasteiger partial charge in [0.15, 0.2) is 0 Å². The summed E-state index contributed by atoms with van der Waals surface area (Å²) in [6.07, 6.45) is 8.15. The minimum Gasteiger partial charge on any atom is -0.396 e. The molecule has 0 saturated heterocycles. The second kappa shape index (κ2) is 57.2. The van der Waals surface area contributed by atoms with Crippen LogP contribution in [0.1, 0.15) is 79.1 Å². The third kappa shape index (κ3) is 102. The van der Waals surface area contributed by atoms with Crippen molar-refractivity contribution in [1.82, 2.24) is 0 Å². The van der Waals surface area contributed by atoms with Crippen LogP contribution in [0.25, 0.3) is 0 Å². The van der Waals surface area contributed by atoms with E-state index < -0.39 is 0 Å². The Morgan fingerprint density at radius 1 is 0.409 bits per heavy atom. The van der Waals surface area contributed by atoms with Gasteiger partial charge in [-0.25, -0.2) is 0 Å². The fraction of sp³-hybridized carbons (Fsp3) is 1.00. The van der Waals surface area contributed by atoms with Gasteiger partial charge in [0.1, 0.15) is 0 Å². The first-order valence-electron chi connectivity index (χ1n) is 8.09. The molecule has 0 saturated carbocycles. The van der Waals surface area contributed by atoms with Crippen LogP contribution >= 0.6 is 0 Å². The van der Waals surface area contributed by atoms with Crippen LogP contribution in [0.4, 0.5) is 0 Å². The first-order chi connectivity index (χ1) is 9.66. The summed E-state index contributed by atoms with van der Waals surface area (Å²) >= 11 is 0. The fourth-order valence-corrected chi connectivity index (χ4v) is 0.632. The molecular formula is C16H40O4Ti2. The standard InChI is InChI=1S/4C4H10O.2Ti/c4*1-2-3-4-5;;/h4*5H,2-4H2,1H3;;. The van der Waals surface area contributed by atoms with Gasteiger partial charge in [0, 0.05) is 69.9 Å². The monoisotopic (exact) mass is 392 g/mol. The van der Waals surface area contributed by atoms with E-state index in [9.17, 15) is 0 Å². The molecule has 0 rings (SSSR count). The van der Waals surface area contributed by atoms with Crippen molar-refractivity contribution in [3.63, 3.8) is 0 Å². The minimum atomic E-state index is 0. The Balaban J connectivity index is -0.0000000376. The first-order valence-corrected chi connectivity index (χ1v) is 8.09. The molecule has 0 aliphatic rings. The van der Waals surface area contributed by atoms with Gasteiger partial charge in [-0.2, -0.15) is 0 Å². The largest absolute Gasteiger partial charge is 0.396 e. The summed E-state index contributed by atoms with van der Waals surface area (Å²) in [6.45, 7) is 9.58. The van der Waals surface area contributed by atoms with Gasteiger partial charge < -0.3 is 20.4 Å². The molecular weight excluding hydrogens is 352 g/mol. The van der Waals surface area contributed by atoms with E-state index in [0.717, 1.165) is 51.4 Å². The molecule has 0 atom stereocenters. The third-order valence-electron chi connectivity index (χ3n) is 2.05. The molecule has 0 aliphatic heterocycles. The summed E-state index contributed by atoms with van der Waals surface area (Å²) in [4.78, 5) is 0. The summed E-state index contributed by atoms with van der Waals surface area (Å²) in [5.74, 6) is 0. The predicted octanol–water partition coefficient (Wildman–Crippen LogP) is 3.11. The maximum atomic E-state index is 8.07. The fourth-order valence-electron chi connectivity index (χ4n) is 0.632. The molecule has 6 heteroatoms. The average molecular weight is 392 g/mol. The zero-order valence-corrected chi connectivity index (χ0v) is 18.4. The predicted molar refractivity (Wildman–Crippen MR) is 88.0 cm³/mol. The van der Waals surface area contributed by atoms with Crippen molar-refractivity contribution in [1.29, 1.82) is 0 Å². The van der Waals surface area contributed by atoms with Crippen LogP contribution < -0.4 is 0 Å². The molecule has 0 unspecified atom stereocenters. The Morgan fingerprint density at radius 2 is 0.545 bits per heavy atom. The van der Waals surface area contributed by atoms with Gasteiger partial charge in [-0.15, -0.1) is 0 Å². The van der Waals surface area contributed by atoms with Crippen molar-refractivity contribution in [3.8, 4) is 0 Å². The van der Waals surface area contributed by atoms with Crippen LogP contribution in [0.5, 0.6) is 0 Å². The van der Waals surface area contributed by atoms with Gasteiger partial charge in [0.25, 0.3) is 0 Å². The van der Waals surface area contributed by atoms with Crippen LogP contribution in [-0.2, 0) is 43.4 Å². The van der Waals surface area contributed by atoms with E-state index in [0.29, 0.717) is 26.4 Å². The normalized spacial score (nSPS) is 7.64. The number of unbranched alkanes of at least 4 members (excludes halogenated alkanes) is 4. The van der Waals surface area contributed by atoms with Crippen LogP contribution in [0, 0.1) is 0 Å². The number of aliphatic hydroxyl groups is 4. The van der Waals surface area contributed by atoms with Crippen molar-refractivity contribution in [2.24, 2.45) is 0 Å². The summed E-state index contributed by atoms with van der Waals surface area (Å²) in [7, 11) is 0. The van der Waals surface area contributed by atoms with E-state index in [4.69, 9.17) is 20.4 Å². The smallest absolute Gasteiger partial charge is 0.0430 e. The Labute approximate surface area is 168 Å². The van der Waals surface area contributed by atoms with Crippen molar-refractivity contribution in [3.05, 3.63) is 0 Å². The molecule has 0 aliphatic carbocycles. The molecule has 4 nitrogen and oxygen atoms in total. The zero-order chi connectivity index (χ0) is 16.5. The van der Waals surface area contributed by atoms with E-state index in [-0.39, 0.29) is 43.4 Å². The SMILES string of the molecule is CCCCO.CCCCO.CCCCO.CCCCO.[Ti].[Ti].